The normalized spacial score (nSPS) is 16.1. The standard InChI is InChI=1S/C22H20ClN3O4/c1-4-8-29-22(27)18-12(3)30-21(25)16(11-24)19(18)15-10-13-9-14(28-5-2)6-7-17(13)26-20(15)23/h4,6-7,9-10,19H,1,5,8,25H2,2-3H3/t19-/m1/s1. The van der Waals surface area contributed by atoms with Crippen molar-refractivity contribution in [2.45, 2.75) is 19.8 Å². The average Bonchev–Trinajstić information content (AvgIpc) is 2.71. The maximum absolute atomic E-state index is 12.8. The van der Waals surface area contributed by atoms with Crippen molar-refractivity contribution in [2.75, 3.05) is 13.2 Å². The van der Waals surface area contributed by atoms with Gasteiger partial charge in [0.1, 0.15) is 34.9 Å². The number of rotatable bonds is 6. The van der Waals surface area contributed by atoms with Crippen LogP contribution in [0.2, 0.25) is 5.15 Å². The molecule has 8 heteroatoms. The molecule has 154 valence electrons. The molecular weight excluding hydrogens is 406 g/mol. The van der Waals surface area contributed by atoms with Gasteiger partial charge in [-0.1, -0.05) is 24.3 Å². The molecule has 0 spiro atoms. The lowest BCUT2D eigenvalue weighted by Gasteiger charge is -2.27. The van der Waals surface area contributed by atoms with E-state index in [9.17, 15) is 10.1 Å². The predicted molar refractivity (Wildman–Crippen MR) is 112 cm³/mol. The van der Waals surface area contributed by atoms with Crippen LogP contribution in [0.4, 0.5) is 0 Å². The minimum atomic E-state index is -0.888. The number of halogens is 1. The molecule has 1 aliphatic heterocycles. The van der Waals surface area contributed by atoms with E-state index in [0.717, 1.165) is 5.39 Å². The second-order valence-corrected chi connectivity index (χ2v) is 6.80. The molecule has 2 N–H and O–H groups in total. The summed E-state index contributed by atoms with van der Waals surface area (Å²) in [5.41, 5.74) is 7.21. The zero-order valence-electron chi connectivity index (χ0n) is 16.6. The van der Waals surface area contributed by atoms with E-state index in [1.54, 1.807) is 25.1 Å². The first-order valence-corrected chi connectivity index (χ1v) is 9.58. The highest BCUT2D eigenvalue weighted by molar-refractivity contribution is 6.30. The Labute approximate surface area is 179 Å². The maximum Gasteiger partial charge on any atom is 0.338 e. The number of nitrogens with zero attached hydrogens (tertiary/aromatic N) is 2. The number of hydrogen-bond acceptors (Lipinski definition) is 7. The van der Waals surface area contributed by atoms with Crippen LogP contribution in [0.3, 0.4) is 0 Å². The highest BCUT2D eigenvalue weighted by atomic mass is 35.5. The summed E-state index contributed by atoms with van der Waals surface area (Å²) in [7, 11) is 0. The van der Waals surface area contributed by atoms with Crippen molar-refractivity contribution < 1.29 is 19.0 Å². The van der Waals surface area contributed by atoms with E-state index in [4.69, 9.17) is 31.5 Å². The number of ether oxygens (including phenoxy) is 3. The van der Waals surface area contributed by atoms with Gasteiger partial charge in [-0.2, -0.15) is 5.26 Å². The molecule has 0 aliphatic carbocycles. The number of carbonyl (C=O) groups is 1. The summed E-state index contributed by atoms with van der Waals surface area (Å²) in [5, 5.41) is 10.6. The zero-order chi connectivity index (χ0) is 21.8. The van der Waals surface area contributed by atoms with E-state index < -0.39 is 11.9 Å². The molecule has 0 radical (unpaired) electrons. The minimum absolute atomic E-state index is 0.00480. The summed E-state index contributed by atoms with van der Waals surface area (Å²) in [4.78, 5) is 17.2. The van der Waals surface area contributed by atoms with Crippen LogP contribution in [-0.2, 0) is 14.3 Å². The van der Waals surface area contributed by atoms with Gasteiger partial charge in [0.05, 0.1) is 23.6 Å². The molecule has 0 bridgehead atoms. The van der Waals surface area contributed by atoms with Crippen molar-refractivity contribution in [3.63, 3.8) is 0 Å². The Morgan fingerprint density at radius 3 is 2.90 bits per heavy atom. The second kappa shape index (κ2) is 8.89. The Morgan fingerprint density at radius 1 is 1.47 bits per heavy atom. The minimum Gasteiger partial charge on any atom is -0.494 e. The van der Waals surface area contributed by atoms with E-state index in [-0.39, 0.29) is 34.5 Å². The second-order valence-electron chi connectivity index (χ2n) is 6.44. The first kappa shape index (κ1) is 21.2. The average molecular weight is 426 g/mol. The van der Waals surface area contributed by atoms with Crippen molar-refractivity contribution in [2.24, 2.45) is 5.73 Å². The van der Waals surface area contributed by atoms with Crippen LogP contribution in [-0.4, -0.2) is 24.2 Å². The first-order chi connectivity index (χ1) is 14.4. The number of carbonyl (C=O) groups excluding carboxylic acids is 1. The SMILES string of the molecule is C=CCOC(=O)C1=C(C)OC(N)=C(C#N)[C@H]1c1cc2cc(OCC)ccc2nc1Cl. The van der Waals surface area contributed by atoms with Crippen LogP contribution >= 0.6 is 11.6 Å². The Bertz CT molecular complexity index is 1130. The molecule has 30 heavy (non-hydrogen) atoms. The van der Waals surface area contributed by atoms with Gasteiger partial charge in [0, 0.05) is 10.9 Å². The molecular formula is C22H20ClN3O4. The molecule has 0 amide bonds. The van der Waals surface area contributed by atoms with E-state index in [2.05, 4.69) is 11.6 Å². The Kier molecular flexibility index (Phi) is 6.28. The summed E-state index contributed by atoms with van der Waals surface area (Å²) >= 11 is 6.48. The van der Waals surface area contributed by atoms with E-state index >= 15 is 0 Å². The molecule has 0 saturated heterocycles. The summed E-state index contributed by atoms with van der Waals surface area (Å²) in [6, 6.07) is 9.19. The lowest BCUT2D eigenvalue weighted by atomic mass is 9.83. The summed E-state index contributed by atoms with van der Waals surface area (Å²) < 4.78 is 16.2. The number of hydrogen-bond donors (Lipinski definition) is 1. The third kappa shape index (κ3) is 3.95. The number of nitrogens with two attached hydrogens (primary N) is 1. The van der Waals surface area contributed by atoms with Gasteiger partial charge >= 0.3 is 5.97 Å². The molecule has 1 aromatic carbocycles. The van der Waals surface area contributed by atoms with Gasteiger partial charge in [0.25, 0.3) is 0 Å². The molecule has 1 atom stereocenters. The van der Waals surface area contributed by atoms with Crippen LogP contribution < -0.4 is 10.5 Å². The Balaban J connectivity index is 2.21. The third-order valence-corrected chi connectivity index (χ3v) is 4.85. The van der Waals surface area contributed by atoms with Gasteiger partial charge < -0.3 is 19.9 Å². The van der Waals surface area contributed by atoms with E-state index in [1.165, 1.54) is 6.08 Å². The number of benzene rings is 1. The van der Waals surface area contributed by atoms with Crippen molar-refractivity contribution >= 4 is 28.5 Å². The number of allylic oxidation sites excluding steroid dienone is 2. The van der Waals surface area contributed by atoms with Crippen LogP contribution in [0.15, 0.2) is 59.7 Å². The molecule has 3 rings (SSSR count). The summed E-state index contributed by atoms with van der Waals surface area (Å²) in [5.74, 6) is -0.748. The van der Waals surface area contributed by atoms with Crippen molar-refractivity contribution in [1.29, 1.82) is 5.26 Å². The summed E-state index contributed by atoms with van der Waals surface area (Å²) in [6.07, 6.45) is 1.45. The summed E-state index contributed by atoms with van der Waals surface area (Å²) in [6.45, 7) is 7.52. The highest BCUT2D eigenvalue weighted by Gasteiger charge is 2.37. The highest BCUT2D eigenvalue weighted by Crippen LogP contribution is 2.42. The Morgan fingerprint density at radius 2 is 2.23 bits per heavy atom. The van der Waals surface area contributed by atoms with Crippen LogP contribution in [0.5, 0.6) is 5.75 Å². The zero-order valence-corrected chi connectivity index (χ0v) is 17.3. The maximum atomic E-state index is 12.8. The van der Waals surface area contributed by atoms with Gasteiger partial charge in [-0.15, -0.1) is 0 Å². The molecule has 0 saturated carbocycles. The fourth-order valence-electron chi connectivity index (χ4n) is 3.28. The number of fused-ring (bicyclic) bond motifs is 1. The smallest absolute Gasteiger partial charge is 0.338 e. The Hall–Kier alpha value is -3.50. The number of esters is 1. The predicted octanol–water partition coefficient (Wildman–Crippen LogP) is 4.10. The lowest BCUT2D eigenvalue weighted by molar-refractivity contribution is -0.138. The first-order valence-electron chi connectivity index (χ1n) is 9.20. The van der Waals surface area contributed by atoms with Crippen molar-refractivity contribution in [3.05, 3.63) is 70.4 Å². The van der Waals surface area contributed by atoms with Gasteiger partial charge in [-0.05, 0) is 38.1 Å². The lowest BCUT2D eigenvalue weighted by Crippen LogP contribution is -2.26. The van der Waals surface area contributed by atoms with Gasteiger partial charge in [-0.3, -0.25) is 0 Å². The molecule has 7 nitrogen and oxygen atoms in total. The van der Waals surface area contributed by atoms with Gasteiger partial charge in [-0.25, -0.2) is 9.78 Å². The fraction of sp³-hybridized carbons (Fsp3) is 0.227. The van der Waals surface area contributed by atoms with Crippen molar-refractivity contribution in [1.82, 2.24) is 4.98 Å². The van der Waals surface area contributed by atoms with E-state index in [0.29, 0.717) is 23.4 Å². The molecule has 0 unspecified atom stereocenters. The third-order valence-electron chi connectivity index (χ3n) is 4.55. The topological polar surface area (TPSA) is 107 Å². The number of aromatic nitrogens is 1. The van der Waals surface area contributed by atoms with Gasteiger partial charge in [0.2, 0.25) is 5.88 Å². The molecule has 1 aromatic heterocycles. The molecule has 0 fully saturated rings. The monoisotopic (exact) mass is 425 g/mol. The fourth-order valence-corrected chi connectivity index (χ4v) is 3.53. The van der Waals surface area contributed by atoms with Crippen LogP contribution in [0.1, 0.15) is 25.3 Å². The van der Waals surface area contributed by atoms with Crippen LogP contribution in [0, 0.1) is 11.3 Å². The molecule has 2 heterocycles. The van der Waals surface area contributed by atoms with E-state index in [1.807, 2.05) is 19.1 Å². The largest absolute Gasteiger partial charge is 0.494 e. The molecule has 2 aromatic rings. The number of pyridine rings is 1. The quantitative estimate of drug-likeness (QED) is 0.421. The van der Waals surface area contributed by atoms with Gasteiger partial charge in [0.15, 0.2) is 0 Å². The molecule has 1 aliphatic rings. The number of nitriles is 1. The van der Waals surface area contributed by atoms with Crippen LogP contribution in [0.25, 0.3) is 10.9 Å². The van der Waals surface area contributed by atoms with Crippen molar-refractivity contribution in [3.8, 4) is 11.8 Å².